The lowest BCUT2D eigenvalue weighted by atomic mass is 9.98. The van der Waals surface area contributed by atoms with E-state index in [1.54, 1.807) is 13.2 Å². The highest BCUT2D eigenvalue weighted by Crippen LogP contribution is 2.31. The van der Waals surface area contributed by atoms with Gasteiger partial charge in [-0.15, -0.1) is 0 Å². The number of nitrogens with zero attached hydrogens (tertiary/aromatic N) is 1. The third-order valence-electron chi connectivity index (χ3n) is 3.19. The van der Waals surface area contributed by atoms with E-state index in [1.165, 1.54) is 12.1 Å². The number of aromatic nitrogens is 1. The quantitative estimate of drug-likeness (QED) is 0.852. The highest BCUT2D eigenvalue weighted by atomic mass is 79.9. The molecule has 1 atom stereocenters. The molecule has 0 fully saturated rings. The van der Waals surface area contributed by atoms with Gasteiger partial charge in [0, 0.05) is 11.8 Å². The molecule has 0 amide bonds. The van der Waals surface area contributed by atoms with Crippen LogP contribution in [0, 0.1) is 25.5 Å². The molecular formula is C15H15BrF2N2. The van der Waals surface area contributed by atoms with Gasteiger partial charge in [-0.05, 0) is 60.1 Å². The minimum atomic E-state index is -0.631. The smallest absolute Gasteiger partial charge is 0.145 e. The van der Waals surface area contributed by atoms with E-state index in [-0.39, 0.29) is 10.0 Å². The summed E-state index contributed by atoms with van der Waals surface area (Å²) in [7, 11) is 1.66. The first-order valence-corrected chi connectivity index (χ1v) is 6.98. The van der Waals surface area contributed by atoms with Crippen LogP contribution in [0.25, 0.3) is 0 Å². The Balaban J connectivity index is 2.61. The molecule has 0 saturated carbocycles. The van der Waals surface area contributed by atoms with Gasteiger partial charge in [0.05, 0.1) is 16.2 Å². The molecule has 0 aliphatic heterocycles. The van der Waals surface area contributed by atoms with E-state index < -0.39 is 17.7 Å². The number of hydrogen-bond donors (Lipinski definition) is 1. The van der Waals surface area contributed by atoms with Crippen molar-refractivity contribution in [2.75, 3.05) is 7.05 Å². The monoisotopic (exact) mass is 340 g/mol. The number of hydrogen-bond acceptors (Lipinski definition) is 2. The van der Waals surface area contributed by atoms with E-state index in [0.717, 1.165) is 11.1 Å². The summed E-state index contributed by atoms with van der Waals surface area (Å²) in [4.78, 5) is 4.33. The molecule has 1 N–H and O–H groups in total. The Bertz CT molecular complexity index is 644. The van der Waals surface area contributed by atoms with E-state index in [2.05, 4.69) is 26.2 Å². The normalized spacial score (nSPS) is 12.5. The maximum atomic E-state index is 14.2. The van der Waals surface area contributed by atoms with E-state index >= 15 is 0 Å². The van der Waals surface area contributed by atoms with Gasteiger partial charge in [0.2, 0.25) is 0 Å². The zero-order valence-electron chi connectivity index (χ0n) is 11.5. The van der Waals surface area contributed by atoms with Crippen molar-refractivity contribution in [2.45, 2.75) is 19.9 Å². The van der Waals surface area contributed by atoms with E-state index in [9.17, 15) is 8.78 Å². The number of pyridine rings is 1. The molecule has 20 heavy (non-hydrogen) atoms. The molecule has 2 aromatic rings. The molecule has 1 unspecified atom stereocenters. The summed E-state index contributed by atoms with van der Waals surface area (Å²) in [5, 5.41) is 2.94. The lowest BCUT2D eigenvalue weighted by Crippen LogP contribution is -2.22. The van der Waals surface area contributed by atoms with Crippen LogP contribution in [0.15, 0.2) is 28.9 Å². The van der Waals surface area contributed by atoms with Crippen molar-refractivity contribution in [3.05, 3.63) is 62.9 Å². The summed E-state index contributed by atoms with van der Waals surface area (Å²) in [6.07, 6.45) is 1.69. The lowest BCUT2D eigenvalue weighted by Gasteiger charge is -2.20. The second-order valence-electron chi connectivity index (χ2n) is 4.69. The second kappa shape index (κ2) is 5.97. The van der Waals surface area contributed by atoms with E-state index in [0.29, 0.717) is 5.69 Å². The predicted octanol–water partition coefficient (Wildman–Crippen LogP) is 4.05. The summed E-state index contributed by atoms with van der Waals surface area (Å²) >= 11 is 3.09. The van der Waals surface area contributed by atoms with E-state index in [4.69, 9.17) is 0 Å². The molecular weight excluding hydrogens is 326 g/mol. The molecule has 0 radical (unpaired) electrons. The molecule has 0 aliphatic carbocycles. The standard InChI is InChI=1S/C15H15BrF2N2/c1-8-6-9(2)14(20-7-8)15(19-3)12-11(17)5-4-10(16)13(12)18/h4-7,15,19H,1-3H3. The molecule has 1 heterocycles. The summed E-state index contributed by atoms with van der Waals surface area (Å²) in [5.41, 5.74) is 2.50. The van der Waals surface area contributed by atoms with Crippen LogP contribution in [0.5, 0.6) is 0 Å². The minimum Gasteiger partial charge on any atom is -0.308 e. The Morgan fingerprint density at radius 3 is 2.55 bits per heavy atom. The van der Waals surface area contributed by atoms with Gasteiger partial charge in [-0.2, -0.15) is 0 Å². The van der Waals surface area contributed by atoms with Crippen molar-refractivity contribution in [1.82, 2.24) is 10.3 Å². The first kappa shape index (κ1) is 15.1. The summed E-state index contributed by atoms with van der Waals surface area (Å²) in [6, 6.07) is 3.92. The summed E-state index contributed by atoms with van der Waals surface area (Å²) in [5.74, 6) is -1.20. The first-order chi connectivity index (χ1) is 9.45. The molecule has 2 rings (SSSR count). The number of benzene rings is 1. The van der Waals surface area contributed by atoms with Crippen molar-refractivity contribution in [3.8, 4) is 0 Å². The summed E-state index contributed by atoms with van der Waals surface area (Å²) in [6.45, 7) is 3.81. The molecule has 2 nitrogen and oxygen atoms in total. The number of rotatable bonds is 3. The SMILES string of the molecule is CNC(c1ncc(C)cc1C)c1c(F)ccc(Br)c1F. The van der Waals surface area contributed by atoms with Gasteiger partial charge in [-0.3, -0.25) is 4.98 Å². The second-order valence-corrected chi connectivity index (χ2v) is 5.55. The molecule has 0 aliphatic rings. The topological polar surface area (TPSA) is 24.9 Å². The van der Waals surface area contributed by atoms with E-state index in [1.807, 2.05) is 19.9 Å². The number of aryl methyl sites for hydroxylation is 2. The molecule has 5 heteroatoms. The molecule has 0 bridgehead atoms. The molecule has 0 saturated heterocycles. The van der Waals surface area contributed by atoms with Crippen LogP contribution < -0.4 is 5.32 Å². The van der Waals surface area contributed by atoms with Crippen molar-refractivity contribution in [1.29, 1.82) is 0 Å². The average Bonchev–Trinajstić information content (AvgIpc) is 2.40. The predicted molar refractivity (Wildman–Crippen MR) is 78.7 cm³/mol. The fraction of sp³-hybridized carbons (Fsp3) is 0.267. The van der Waals surface area contributed by atoms with Crippen LogP contribution in [0.2, 0.25) is 0 Å². The van der Waals surface area contributed by atoms with Crippen LogP contribution in [0.4, 0.5) is 8.78 Å². The van der Waals surface area contributed by atoms with Crippen molar-refractivity contribution in [2.24, 2.45) is 0 Å². The molecule has 1 aromatic heterocycles. The fourth-order valence-corrected chi connectivity index (χ4v) is 2.60. The number of nitrogens with one attached hydrogen (secondary N) is 1. The van der Waals surface area contributed by atoms with Gasteiger partial charge in [-0.1, -0.05) is 6.07 Å². The van der Waals surface area contributed by atoms with Crippen LogP contribution in [0.3, 0.4) is 0 Å². The molecule has 1 aromatic carbocycles. The van der Waals surface area contributed by atoms with Gasteiger partial charge in [-0.25, -0.2) is 8.78 Å². The summed E-state index contributed by atoms with van der Waals surface area (Å²) < 4.78 is 28.5. The lowest BCUT2D eigenvalue weighted by molar-refractivity contribution is 0.513. The Morgan fingerprint density at radius 1 is 1.25 bits per heavy atom. The maximum Gasteiger partial charge on any atom is 0.145 e. The Morgan fingerprint density at radius 2 is 1.95 bits per heavy atom. The zero-order chi connectivity index (χ0) is 14.9. The third-order valence-corrected chi connectivity index (χ3v) is 3.80. The van der Waals surface area contributed by atoms with Crippen LogP contribution in [0.1, 0.15) is 28.4 Å². The van der Waals surface area contributed by atoms with Gasteiger partial charge >= 0.3 is 0 Å². The fourth-order valence-electron chi connectivity index (χ4n) is 2.25. The third kappa shape index (κ3) is 2.74. The average molecular weight is 341 g/mol. The Labute approximate surface area is 125 Å². The van der Waals surface area contributed by atoms with Gasteiger partial charge < -0.3 is 5.32 Å². The van der Waals surface area contributed by atoms with Crippen molar-refractivity contribution in [3.63, 3.8) is 0 Å². The van der Waals surface area contributed by atoms with Gasteiger partial charge in [0.25, 0.3) is 0 Å². The van der Waals surface area contributed by atoms with Crippen LogP contribution in [-0.4, -0.2) is 12.0 Å². The minimum absolute atomic E-state index is 0.0265. The van der Waals surface area contributed by atoms with Gasteiger partial charge in [0.1, 0.15) is 11.6 Å². The molecule has 106 valence electrons. The Kier molecular flexibility index (Phi) is 4.50. The highest BCUT2D eigenvalue weighted by molar-refractivity contribution is 9.10. The zero-order valence-corrected chi connectivity index (χ0v) is 13.1. The molecule has 0 spiro atoms. The maximum absolute atomic E-state index is 14.2. The Hall–Kier alpha value is -1.33. The van der Waals surface area contributed by atoms with Crippen LogP contribution >= 0.6 is 15.9 Å². The van der Waals surface area contributed by atoms with Crippen molar-refractivity contribution < 1.29 is 8.78 Å². The first-order valence-electron chi connectivity index (χ1n) is 6.19. The van der Waals surface area contributed by atoms with Gasteiger partial charge in [0.15, 0.2) is 0 Å². The highest BCUT2D eigenvalue weighted by Gasteiger charge is 2.24. The largest absolute Gasteiger partial charge is 0.308 e. The van der Waals surface area contributed by atoms with Crippen molar-refractivity contribution >= 4 is 15.9 Å². The van der Waals surface area contributed by atoms with Crippen LogP contribution in [-0.2, 0) is 0 Å². The number of halogens is 3.